The molecule has 0 aliphatic rings. The van der Waals surface area contributed by atoms with E-state index in [1.165, 1.54) is 0 Å². The highest BCUT2D eigenvalue weighted by molar-refractivity contribution is 5.79. The van der Waals surface area contributed by atoms with Gasteiger partial charge in [0.15, 0.2) is 0 Å². The number of rotatable bonds is 2. The minimum atomic E-state index is 0.183. The lowest BCUT2D eigenvalue weighted by molar-refractivity contribution is 0.317. The van der Waals surface area contributed by atoms with E-state index in [0.717, 1.165) is 0 Å². The molecule has 0 rings (SSSR count). The van der Waals surface area contributed by atoms with Gasteiger partial charge >= 0.3 is 0 Å². The Morgan fingerprint density at radius 3 is 2.88 bits per heavy atom. The van der Waals surface area contributed by atoms with Crippen molar-refractivity contribution in [1.82, 2.24) is 0 Å². The third-order valence-electron chi connectivity index (χ3n) is 0.654. The van der Waals surface area contributed by atoms with Crippen molar-refractivity contribution in [2.75, 3.05) is 0 Å². The van der Waals surface area contributed by atoms with Crippen LogP contribution in [0, 0.1) is 12.3 Å². The van der Waals surface area contributed by atoms with Gasteiger partial charge in [0.25, 0.3) is 0 Å². The second-order valence-corrected chi connectivity index (χ2v) is 1.30. The third kappa shape index (κ3) is 3.04. The van der Waals surface area contributed by atoms with Crippen LogP contribution in [0.25, 0.3) is 0 Å². The SMILES string of the molecule is C#CCCC(N)=NO. The zero-order valence-corrected chi connectivity index (χ0v) is 4.46. The lowest BCUT2D eigenvalue weighted by Gasteiger charge is -1.88. The molecule has 0 fully saturated rings. The van der Waals surface area contributed by atoms with Crippen LogP contribution in [0.2, 0.25) is 0 Å². The third-order valence-corrected chi connectivity index (χ3v) is 0.654. The lowest BCUT2D eigenvalue weighted by Crippen LogP contribution is -2.10. The fraction of sp³-hybridized carbons (Fsp3) is 0.400. The molecule has 0 aromatic rings. The quantitative estimate of drug-likeness (QED) is 0.175. The van der Waals surface area contributed by atoms with Crippen LogP contribution >= 0.6 is 0 Å². The zero-order valence-electron chi connectivity index (χ0n) is 4.46. The molecular formula is C5H8N2O. The normalized spacial score (nSPS) is 10.6. The number of amidine groups is 1. The first-order valence-corrected chi connectivity index (χ1v) is 2.21. The minimum Gasteiger partial charge on any atom is -0.409 e. The van der Waals surface area contributed by atoms with E-state index in [-0.39, 0.29) is 5.84 Å². The first-order chi connectivity index (χ1) is 3.81. The molecule has 44 valence electrons. The van der Waals surface area contributed by atoms with E-state index < -0.39 is 0 Å². The molecule has 0 aliphatic heterocycles. The maximum atomic E-state index is 7.96. The van der Waals surface area contributed by atoms with Crippen molar-refractivity contribution < 1.29 is 5.21 Å². The van der Waals surface area contributed by atoms with Crippen molar-refractivity contribution in [2.24, 2.45) is 10.9 Å². The summed E-state index contributed by atoms with van der Waals surface area (Å²) in [4.78, 5) is 0. The van der Waals surface area contributed by atoms with E-state index >= 15 is 0 Å². The van der Waals surface area contributed by atoms with Gasteiger partial charge in [-0.15, -0.1) is 12.3 Å². The molecule has 3 nitrogen and oxygen atoms in total. The number of oxime groups is 1. The Morgan fingerprint density at radius 2 is 2.50 bits per heavy atom. The lowest BCUT2D eigenvalue weighted by atomic mass is 10.3. The number of terminal acetylenes is 1. The van der Waals surface area contributed by atoms with Crippen molar-refractivity contribution in [3.8, 4) is 12.3 Å². The molecule has 0 amide bonds. The fourth-order valence-corrected chi connectivity index (χ4v) is 0.250. The van der Waals surface area contributed by atoms with Gasteiger partial charge < -0.3 is 10.9 Å². The van der Waals surface area contributed by atoms with Crippen LogP contribution in [0.4, 0.5) is 0 Å². The molecule has 8 heavy (non-hydrogen) atoms. The second-order valence-electron chi connectivity index (χ2n) is 1.30. The van der Waals surface area contributed by atoms with Gasteiger partial charge in [0, 0.05) is 12.8 Å². The van der Waals surface area contributed by atoms with Crippen LogP contribution in [0.15, 0.2) is 5.16 Å². The highest BCUT2D eigenvalue weighted by Gasteiger charge is 1.86. The summed E-state index contributed by atoms with van der Waals surface area (Å²) >= 11 is 0. The summed E-state index contributed by atoms with van der Waals surface area (Å²) in [5, 5.41) is 10.7. The average molecular weight is 112 g/mol. The highest BCUT2D eigenvalue weighted by Crippen LogP contribution is 1.83. The predicted molar refractivity (Wildman–Crippen MR) is 31.5 cm³/mol. The van der Waals surface area contributed by atoms with Crippen LogP contribution in [-0.2, 0) is 0 Å². The molecule has 0 aliphatic carbocycles. The highest BCUT2D eigenvalue weighted by atomic mass is 16.4. The van der Waals surface area contributed by atoms with Crippen LogP contribution < -0.4 is 5.73 Å². The Kier molecular flexibility index (Phi) is 3.42. The van der Waals surface area contributed by atoms with E-state index in [1.54, 1.807) is 0 Å². The molecule has 0 saturated carbocycles. The topological polar surface area (TPSA) is 58.6 Å². The molecule has 0 saturated heterocycles. The minimum absolute atomic E-state index is 0.183. The van der Waals surface area contributed by atoms with Crippen molar-refractivity contribution >= 4 is 5.84 Å². The average Bonchev–Trinajstić information content (AvgIpc) is 1.83. The summed E-state index contributed by atoms with van der Waals surface area (Å²) in [6.07, 6.45) is 5.88. The van der Waals surface area contributed by atoms with Crippen LogP contribution in [0.5, 0.6) is 0 Å². The van der Waals surface area contributed by atoms with E-state index in [9.17, 15) is 0 Å². The van der Waals surface area contributed by atoms with Gasteiger partial charge in [-0.25, -0.2) is 0 Å². The van der Waals surface area contributed by atoms with Crippen molar-refractivity contribution in [3.63, 3.8) is 0 Å². The standard InChI is InChI=1S/C5H8N2O/c1-2-3-4-5(6)7-8/h1,8H,3-4H2,(H2,6,7). The number of nitrogens with zero attached hydrogens (tertiary/aromatic N) is 1. The van der Waals surface area contributed by atoms with Crippen molar-refractivity contribution in [1.29, 1.82) is 0 Å². The molecule has 0 aromatic heterocycles. The monoisotopic (exact) mass is 112 g/mol. The predicted octanol–water partition coefficient (Wildman–Crippen LogP) is 0.146. The maximum Gasteiger partial charge on any atom is 0.140 e. The second kappa shape index (κ2) is 4.00. The van der Waals surface area contributed by atoms with E-state index in [0.29, 0.717) is 12.8 Å². The Morgan fingerprint density at radius 1 is 1.88 bits per heavy atom. The van der Waals surface area contributed by atoms with E-state index in [2.05, 4.69) is 11.1 Å². The van der Waals surface area contributed by atoms with Crippen molar-refractivity contribution in [3.05, 3.63) is 0 Å². The Balaban J connectivity index is 3.29. The smallest absolute Gasteiger partial charge is 0.140 e. The summed E-state index contributed by atoms with van der Waals surface area (Å²) in [7, 11) is 0. The molecule has 0 radical (unpaired) electrons. The molecule has 0 aromatic carbocycles. The molecule has 3 N–H and O–H groups in total. The molecule has 3 heteroatoms. The van der Waals surface area contributed by atoms with Crippen LogP contribution in [0.1, 0.15) is 12.8 Å². The Labute approximate surface area is 48.2 Å². The van der Waals surface area contributed by atoms with Gasteiger partial charge in [0.2, 0.25) is 0 Å². The number of hydrogen-bond donors (Lipinski definition) is 2. The first-order valence-electron chi connectivity index (χ1n) is 2.21. The van der Waals surface area contributed by atoms with Gasteiger partial charge in [-0.3, -0.25) is 0 Å². The van der Waals surface area contributed by atoms with Gasteiger partial charge in [-0.2, -0.15) is 0 Å². The largest absolute Gasteiger partial charge is 0.409 e. The Bertz CT molecular complexity index is 123. The van der Waals surface area contributed by atoms with Crippen molar-refractivity contribution in [2.45, 2.75) is 12.8 Å². The summed E-state index contributed by atoms with van der Waals surface area (Å²) in [6.45, 7) is 0. The fourth-order valence-electron chi connectivity index (χ4n) is 0.250. The summed E-state index contributed by atoms with van der Waals surface area (Å²) in [5.41, 5.74) is 5.06. The summed E-state index contributed by atoms with van der Waals surface area (Å²) in [5.74, 6) is 2.54. The maximum absolute atomic E-state index is 7.96. The molecule has 0 unspecified atom stereocenters. The Hall–Kier alpha value is -1.17. The molecule has 0 bridgehead atoms. The van der Waals surface area contributed by atoms with Gasteiger partial charge in [-0.05, 0) is 0 Å². The molecule has 0 heterocycles. The number of nitrogens with two attached hydrogens (primary N) is 1. The zero-order chi connectivity index (χ0) is 6.41. The summed E-state index contributed by atoms with van der Waals surface area (Å²) < 4.78 is 0. The van der Waals surface area contributed by atoms with Crippen LogP contribution in [0.3, 0.4) is 0 Å². The summed E-state index contributed by atoms with van der Waals surface area (Å²) in [6, 6.07) is 0. The van der Waals surface area contributed by atoms with Gasteiger partial charge in [0.05, 0.1) is 0 Å². The molecule has 0 spiro atoms. The molecular weight excluding hydrogens is 104 g/mol. The number of hydrogen-bond acceptors (Lipinski definition) is 2. The van der Waals surface area contributed by atoms with Crippen LogP contribution in [-0.4, -0.2) is 11.0 Å². The van der Waals surface area contributed by atoms with Gasteiger partial charge in [-0.1, -0.05) is 5.16 Å². The van der Waals surface area contributed by atoms with E-state index in [1.807, 2.05) is 0 Å². The first kappa shape index (κ1) is 6.83. The van der Waals surface area contributed by atoms with E-state index in [4.69, 9.17) is 17.4 Å². The molecule has 0 atom stereocenters. The van der Waals surface area contributed by atoms with Gasteiger partial charge in [0.1, 0.15) is 5.84 Å².